The second kappa shape index (κ2) is 10.1. The molecule has 4 nitrogen and oxygen atoms in total. The van der Waals surface area contributed by atoms with Crippen molar-refractivity contribution in [2.75, 3.05) is 7.05 Å². The maximum Gasteiger partial charge on any atom is 0.191 e. The number of nitrogens with zero attached hydrogens (tertiary/aromatic N) is 2. The first kappa shape index (κ1) is 20.2. The Balaban J connectivity index is 0.00000225. The number of guanidine groups is 1. The number of benzene rings is 1. The summed E-state index contributed by atoms with van der Waals surface area (Å²) in [6.07, 6.45) is 5.08. The lowest BCUT2D eigenvalue weighted by molar-refractivity contribution is 0.329. The standard InChI is InChI=1S/C19H26N4S.HI/c1-14-8-10-16(11-9-14)22-19(20-2)21-12-18-23-17(13-24-18)15-6-4-3-5-7-15;/h3-7,13-14,16H,8-12H2,1-2H3,(H2,20,21,22);1H. The molecule has 0 aliphatic heterocycles. The zero-order valence-electron chi connectivity index (χ0n) is 14.9. The highest BCUT2D eigenvalue weighted by Crippen LogP contribution is 2.23. The fraction of sp³-hybridized carbons (Fsp3) is 0.474. The molecular formula is C19H27IN4S. The molecule has 3 rings (SSSR count). The molecule has 1 saturated carbocycles. The monoisotopic (exact) mass is 470 g/mol. The van der Waals surface area contributed by atoms with Crippen molar-refractivity contribution in [3.63, 3.8) is 0 Å². The number of hydrogen-bond donors (Lipinski definition) is 2. The van der Waals surface area contributed by atoms with Gasteiger partial charge in [0.1, 0.15) is 5.01 Å². The van der Waals surface area contributed by atoms with Gasteiger partial charge in [0.05, 0.1) is 12.2 Å². The highest BCUT2D eigenvalue weighted by atomic mass is 127. The molecule has 1 aliphatic carbocycles. The minimum Gasteiger partial charge on any atom is -0.354 e. The average molecular weight is 470 g/mol. The van der Waals surface area contributed by atoms with Gasteiger partial charge in [-0.15, -0.1) is 35.3 Å². The zero-order valence-corrected chi connectivity index (χ0v) is 18.0. The topological polar surface area (TPSA) is 49.3 Å². The highest BCUT2D eigenvalue weighted by Gasteiger charge is 2.18. The summed E-state index contributed by atoms with van der Waals surface area (Å²) in [4.78, 5) is 9.07. The van der Waals surface area contributed by atoms with Gasteiger partial charge in [-0.2, -0.15) is 0 Å². The molecule has 1 aromatic heterocycles. The molecule has 0 amide bonds. The molecule has 0 radical (unpaired) electrons. The van der Waals surface area contributed by atoms with E-state index in [1.807, 2.05) is 25.2 Å². The minimum absolute atomic E-state index is 0. The van der Waals surface area contributed by atoms with Gasteiger partial charge in [0.2, 0.25) is 0 Å². The largest absolute Gasteiger partial charge is 0.354 e. The summed E-state index contributed by atoms with van der Waals surface area (Å²) in [5.74, 6) is 1.75. The van der Waals surface area contributed by atoms with Crippen molar-refractivity contribution in [3.05, 3.63) is 40.7 Å². The highest BCUT2D eigenvalue weighted by molar-refractivity contribution is 14.0. The molecule has 25 heavy (non-hydrogen) atoms. The first-order valence-electron chi connectivity index (χ1n) is 8.71. The Bertz CT molecular complexity index is 663. The van der Waals surface area contributed by atoms with E-state index in [-0.39, 0.29) is 24.0 Å². The number of hydrogen-bond acceptors (Lipinski definition) is 3. The second-order valence-electron chi connectivity index (χ2n) is 6.52. The van der Waals surface area contributed by atoms with Gasteiger partial charge >= 0.3 is 0 Å². The summed E-state index contributed by atoms with van der Waals surface area (Å²) in [6, 6.07) is 10.9. The van der Waals surface area contributed by atoms with Crippen molar-refractivity contribution < 1.29 is 0 Å². The number of halogens is 1. The van der Waals surface area contributed by atoms with Crippen molar-refractivity contribution in [2.45, 2.75) is 45.2 Å². The first-order chi connectivity index (χ1) is 11.7. The summed E-state index contributed by atoms with van der Waals surface area (Å²) in [7, 11) is 1.83. The van der Waals surface area contributed by atoms with Crippen molar-refractivity contribution in [2.24, 2.45) is 10.9 Å². The molecule has 0 saturated heterocycles. The van der Waals surface area contributed by atoms with Crippen molar-refractivity contribution >= 4 is 41.3 Å². The van der Waals surface area contributed by atoms with Gasteiger partial charge in [-0.3, -0.25) is 4.99 Å². The predicted octanol–water partition coefficient (Wildman–Crippen LogP) is 4.67. The van der Waals surface area contributed by atoms with Crippen LogP contribution in [0.15, 0.2) is 40.7 Å². The lowest BCUT2D eigenvalue weighted by Crippen LogP contribution is -2.44. The Morgan fingerprint density at radius 1 is 1.20 bits per heavy atom. The van der Waals surface area contributed by atoms with Crippen LogP contribution in [-0.2, 0) is 6.54 Å². The van der Waals surface area contributed by atoms with Gasteiger partial charge < -0.3 is 10.6 Å². The molecule has 0 bridgehead atoms. The zero-order chi connectivity index (χ0) is 16.8. The average Bonchev–Trinajstić information content (AvgIpc) is 3.10. The molecule has 0 unspecified atom stereocenters. The molecule has 2 aromatic rings. The van der Waals surface area contributed by atoms with E-state index < -0.39 is 0 Å². The number of rotatable bonds is 4. The summed E-state index contributed by atoms with van der Waals surface area (Å²) >= 11 is 1.69. The predicted molar refractivity (Wildman–Crippen MR) is 118 cm³/mol. The van der Waals surface area contributed by atoms with Crippen molar-refractivity contribution in [1.29, 1.82) is 0 Å². The van der Waals surface area contributed by atoms with Crippen LogP contribution in [0.4, 0.5) is 0 Å². The van der Waals surface area contributed by atoms with E-state index in [9.17, 15) is 0 Å². The minimum atomic E-state index is 0. The van der Waals surface area contributed by atoms with Crippen LogP contribution in [0.3, 0.4) is 0 Å². The Morgan fingerprint density at radius 3 is 2.60 bits per heavy atom. The van der Waals surface area contributed by atoms with Crippen LogP contribution >= 0.6 is 35.3 Å². The Morgan fingerprint density at radius 2 is 1.92 bits per heavy atom. The fourth-order valence-electron chi connectivity index (χ4n) is 3.09. The van der Waals surface area contributed by atoms with E-state index in [0.717, 1.165) is 22.6 Å². The third-order valence-electron chi connectivity index (χ3n) is 4.61. The van der Waals surface area contributed by atoms with Gasteiger partial charge in [0.15, 0.2) is 5.96 Å². The number of nitrogens with one attached hydrogen (secondary N) is 2. The van der Waals surface area contributed by atoms with Crippen LogP contribution in [-0.4, -0.2) is 24.0 Å². The summed E-state index contributed by atoms with van der Waals surface area (Å²) in [5, 5.41) is 10.1. The van der Waals surface area contributed by atoms with Crippen LogP contribution in [0.1, 0.15) is 37.6 Å². The molecule has 0 atom stereocenters. The molecular weight excluding hydrogens is 443 g/mol. The third kappa shape index (κ3) is 5.95. The lowest BCUT2D eigenvalue weighted by Gasteiger charge is -2.28. The summed E-state index contributed by atoms with van der Waals surface area (Å²) < 4.78 is 0. The fourth-order valence-corrected chi connectivity index (χ4v) is 3.83. The van der Waals surface area contributed by atoms with Crippen LogP contribution in [0, 0.1) is 5.92 Å². The summed E-state index contributed by atoms with van der Waals surface area (Å²) in [6.45, 7) is 3.05. The van der Waals surface area contributed by atoms with Crippen LogP contribution < -0.4 is 10.6 Å². The maximum absolute atomic E-state index is 4.72. The van der Waals surface area contributed by atoms with E-state index in [1.54, 1.807) is 11.3 Å². The van der Waals surface area contributed by atoms with E-state index >= 15 is 0 Å². The molecule has 136 valence electrons. The Kier molecular flexibility index (Phi) is 8.15. The van der Waals surface area contributed by atoms with Gasteiger partial charge in [-0.1, -0.05) is 37.3 Å². The van der Waals surface area contributed by atoms with Gasteiger partial charge in [-0.25, -0.2) is 4.98 Å². The van der Waals surface area contributed by atoms with Gasteiger partial charge in [0, 0.05) is 24.0 Å². The van der Waals surface area contributed by atoms with Crippen molar-refractivity contribution in [3.8, 4) is 11.3 Å². The molecule has 2 N–H and O–H groups in total. The molecule has 1 fully saturated rings. The number of aliphatic imine (C=N–C) groups is 1. The van der Waals surface area contributed by atoms with E-state index in [2.05, 4.69) is 40.1 Å². The second-order valence-corrected chi connectivity index (χ2v) is 7.46. The van der Waals surface area contributed by atoms with Crippen molar-refractivity contribution in [1.82, 2.24) is 15.6 Å². The third-order valence-corrected chi connectivity index (χ3v) is 5.46. The van der Waals surface area contributed by atoms with E-state index in [0.29, 0.717) is 12.6 Å². The molecule has 0 spiro atoms. The smallest absolute Gasteiger partial charge is 0.191 e. The Labute approximate surface area is 171 Å². The molecule has 1 aliphatic rings. The Hall–Kier alpha value is -1.15. The first-order valence-corrected chi connectivity index (χ1v) is 9.59. The van der Waals surface area contributed by atoms with E-state index in [1.165, 1.54) is 31.2 Å². The molecule has 6 heteroatoms. The summed E-state index contributed by atoms with van der Waals surface area (Å²) in [5.41, 5.74) is 2.21. The maximum atomic E-state index is 4.72. The van der Waals surface area contributed by atoms with Crippen LogP contribution in [0.25, 0.3) is 11.3 Å². The SMILES string of the molecule is CN=C(NCc1nc(-c2ccccc2)cs1)NC1CCC(C)CC1.I. The normalized spacial score (nSPS) is 20.6. The molecule has 1 aromatic carbocycles. The molecule has 1 heterocycles. The lowest BCUT2D eigenvalue weighted by atomic mass is 9.87. The van der Waals surface area contributed by atoms with Gasteiger partial charge in [-0.05, 0) is 31.6 Å². The van der Waals surface area contributed by atoms with Crippen LogP contribution in [0.5, 0.6) is 0 Å². The number of aromatic nitrogens is 1. The van der Waals surface area contributed by atoms with E-state index in [4.69, 9.17) is 4.98 Å². The van der Waals surface area contributed by atoms with Crippen LogP contribution in [0.2, 0.25) is 0 Å². The number of thiazole rings is 1. The van der Waals surface area contributed by atoms with Gasteiger partial charge in [0.25, 0.3) is 0 Å². The quantitative estimate of drug-likeness (QED) is 0.388.